The zero-order chi connectivity index (χ0) is 37.3. The second kappa shape index (κ2) is 40.1. The molecule has 292 valence electrons. The topological polar surface area (TPSA) is 93.1 Å². The first-order valence-corrected chi connectivity index (χ1v) is 20.6. The first-order valence-electron chi connectivity index (χ1n) is 20.6. The maximum absolute atomic E-state index is 12.2. The smallest absolute Gasteiger partial charge is 0.306 e. The van der Waals surface area contributed by atoms with E-state index in [1.807, 2.05) is 12.2 Å². The van der Waals surface area contributed by atoms with Gasteiger partial charge in [-0.3, -0.25) is 9.59 Å². The van der Waals surface area contributed by atoms with Crippen molar-refractivity contribution < 1.29 is 29.3 Å². The van der Waals surface area contributed by atoms with Crippen LogP contribution in [0.25, 0.3) is 0 Å². The van der Waals surface area contributed by atoms with Gasteiger partial charge in [-0.15, -0.1) is 0 Å². The van der Waals surface area contributed by atoms with Gasteiger partial charge in [0.05, 0.1) is 12.7 Å². The Hall–Kier alpha value is -2.70. The molecule has 51 heavy (non-hydrogen) atoms. The summed E-state index contributed by atoms with van der Waals surface area (Å²) in [7, 11) is 0. The highest BCUT2D eigenvalue weighted by atomic mass is 16.6. The van der Waals surface area contributed by atoms with E-state index in [0.717, 1.165) is 51.4 Å². The van der Waals surface area contributed by atoms with Crippen molar-refractivity contribution in [3.63, 3.8) is 0 Å². The highest BCUT2D eigenvalue weighted by Gasteiger charge is 2.16. The lowest BCUT2D eigenvalue weighted by Crippen LogP contribution is -2.28. The average Bonchev–Trinajstić information content (AvgIpc) is 3.13. The van der Waals surface area contributed by atoms with Crippen molar-refractivity contribution in [1.29, 1.82) is 0 Å². The lowest BCUT2D eigenvalue weighted by atomic mass is 10.0. The van der Waals surface area contributed by atoms with Crippen LogP contribution in [0.3, 0.4) is 0 Å². The van der Waals surface area contributed by atoms with Gasteiger partial charge in [0.15, 0.2) is 6.10 Å². The number of rotatable bonds is 36. The van der Waals surface area contributed by atoms with Gasteiger partial charge in [-0.1, -0.05) is 189 Å². The van der Waals surface area contributed by atoms with Gasteiger partial charge in [0, 0.05) is 12.8 Å². The van der Waals surface area contributed by atoms with Crippen LogP contribution in [0.1, 0.15) is 174 Å². The lowest BCUT2D eigenvalue weighted by Gasteiger charge is -2.16. The zero-order valence-corrected chi connectivity index (χ0v) is 32.7. The molecule has 0 fully saturated rings. The molecule has 6 heteroatoms. The number of aliphatic hydroxyl groups is 2. The van der Waals surface area contributed by atoms with E-state index in [-0.39, 0.29) is 25.4 Å². The molecule has 0 saturated carbocycles. The third kappa shape index (κ3) is 38.4. The minimum atomic E-state index is -0.868. The van der Waals surface area contributed by atoms with Crippen LogP contribution in [-0.2, 0) is 19.1 Å². The number of unbranched alkanes of at least 4 members (excludes halogenated alkanes) is 16. The van der Waals surface area contributed by atoms with Crippen LogP contribution < -0.4 is 0 Å². The van der Waals surface area contributed by atoms with Crippen molar-refractivity contribution >= 4 is 11.9 Å². The molecule has 0 rings (SSSR count). The summed E-state index contributed by atoms with van der Waals surface area (Å²) in [6, 6.07) is 0. The quantitative estimate of drug-likeness (QED) is 0.0291. The maximum Gasteiger partial charge on any atom is 0.306 e. The first-order chi connectivity index (χ1) is 25.0. The van der Waals surface area contributed by atoms with Crippen LogP contribution in [0.2, 0.25) is 0 Å². The Balaban J connectivity index is 3.78. The molecule has 0 aliphatic carbocycles. The van der Waals surface area contributed by atoms with Gasteiger partial charge < -0.3 is 19.7 Å². The summed E-state index contributed by atoms with van der Waals surface area (Å²) in [5.74, 6) is -0.873. The first kappa shape index (κ1) is 48.3. The van der Waals surface area contributed by atoms with Crippen molar-refractivity contribution in [2.24, 2.45) is 0 Å². The van der Waals surface area contributed by atoms with E-state index < -0.39 is 24.8 Å². The second-order valence-electron chi connectivity index (χ2n) is 13.5. The van der Waals surface area contributed by atoms with E-state index in [4.69, 9.17) is 9.47 Å². The predicted octanol–water partition coefficient (Wildman–Crippen LogP) is 11.9. The van der Waals surface area contributed by atoms with E-state index in [1.165, 1.54) is 89.9 Å². The summed E-state index contributed by atoms with van der Waals surface area (Å²) < 4.78 is 10.5. The highest BCUT2D eigenvalue weighted by Crippen LogP contribution is 2.15. The summed E-state index contributed by atoms with van der Waals surface area (Å²) in [4.78, 5) is 24.3. The number of esters is 2. The molecule has 0 heterocycles. The molecule has 1 unspecified atom stereocenters. The van der Waals surface area contributed by atoms with Crippen molar-refractivity contribution in [2.45, 2.75) is 187 Å². The molecule has 0 aromatic rings. The maximum atomic E-state index is 12.2. The Morgan fingerprint density at radius 2 is 1.00 bits per heavy atom. The van der Waals surface area contributed by atoms with Crippen LogP contribution in [0, 0.1) is 0 Å². The number of allylic oxidation sites excluding steroid dienone is 11. The Morgan fingerprint density at radius 3 is 1.47 bits per heavy atom. The third-order valence-corrected chi connectivity index (χ3v) is 8.63. The van der Waals surface area contributed by atoms with Gasteiger partial charge in [0.25, 0.3) is 0 Å². The normalized spacial score (nSPS) is 13.6. The van der Waals surface area contributed by atoms with Crippen LogP contribution in [0.15, 0.2) is 72.9 Å². The summed E-state index contributed by atoms with van der Waals surface area (Å²) in [5, 5.41) is 19.7. The zero-order valence-electron chi connectivity index (χ0n) is 32.7. The van der Waals surface area contributed by atoms with E-state index in [9.17, 15) is 19.8 Å². The molecule has 0 amide bonds. The molecule has 2 N–H and O–H groups in total. The van der Waals surface area contributed by atoms with Crippen LogP contribution in [-0.4, -0.2) is 47.6 Å². The van der Waals surface area contributed by atoms with Gasteiger partial charge in [0.1, 0.15) is 6.61 Å². The van der Waals surface area contributed by atoms with E-state index in [2.05, 4.69) is 62.5 Å². The number of ether oxygens (including phenoxy) is 2. The minimum Gasteiger partial charge on any atom is -0.462 e. The van der Waals surface area contributed by atoms with Crippen LogP contribution >= 0.6 is 0 Å². The summed E-state index contributed by atoms with van der Waals surface area (Å²) >= 11 is 0. The fraction of sp³-hybridized carbons (Fsp3) is 0.689. The fourth-order valence-electron chi connectivity index (χ4n) is 5.49. The van der Waals surface area contributed by atoms with Gasteiger partial charge in [0.2, 0.25) is 0 Å². The highest BCUT2D eigenvalue weighted by molar-refractivity contribution is 5.70. The van der Waals surface area contributed by atoms with Gasteiger partial charge in [-0.25, -0.2) is 0 Å². The predicted molar refractivity (Wildman–Crippen MR) is 216 cm³/mol. The largest absolute Gasteiger partial charge is 0.462 e. The molecule has 2 atom stereocenters. The lowest BCUT2D eigenvalue weighted by molar-refractivity contribution is -0.161. The molecule has 0 aliphatic rings. The summed E-state index contributed by atoms with van der Waals surface area (Å²) in [6.45, 7) is 3.81. The van der Waals surface area contributed by atoms with E-state index in [0.29, 0.717) is 6.42 Å². The van der Waals surface area contributed by atoms with Gasteiger partial charge >= 0.3 is 11.9 Å². The van der Waals surface area contributed by atoms with Crippen LogP contribution in [0.5, 0.6) is 0 Å². The molecule has 0 bridgehead atoms. The molecule has 0 aromatic carbocycles. The molecular weight excluding hydrogens is 636 g/mol. The van der Waals surface area contributed by atoms with Crippen molar-refractivity contribution in [3.8, 4) is 0 Å². The molecule has 6 nitrogen and oxygen atoms in total. The molecule has 0 radical (unpaired) electrons. The number of carbonyl (C=O) groups excluding carboxylic acids is 2. The van der Waals surface area contributed by atoms with Crippen molar-refractivity contribution in [1.82, 2.24) is 0 Å². The Bertz CT molecular complexity index is 960. The van der Waals surface area contributed by atoms with Crippen molar-refractivity contribution in [2.75, 3.05) is 13.2 Å². The molecule has 0 spiro atoms. The Morgan fingerprint density at radius 1 is 0.549 bits per heavy atom. The number of aliphatic hydroxyl groups excluding tert-OH is 2. The third-order valence-electron chi connectivity index (χ3n) is 8.63. The number of hydrogen-bond acceptors (Lipinski definition) is 6. The Labute approximate surface area is 313 Å². The SMILES string of the molecule is CC/C=C\C/C=C\C/C=C\C/C=C\C/C=C\C=C/C(O)CCC(=O)OC[C@H](CO)OC(=O)CCCCCCCCCCCCCCCCCCC. The van der Waals surface area contributed by atoms with Crippen LogP contribution in [0.4, 0.5) is 0 Å². The Kier molecular flexibility index (Phi) is 38.0. The molecule has 0 aliphatic heterocycles. The number of hydrogen-bond donors (Lipinski definition) is 2. The second-order valence-corrected chi connectivity index (χ2v) is 13.5. The minimum absolute atomic E-state index is 0.0303. The standard InChI is InChI=1S/C45H76O6/c1-3-5-7-9-11-13-15-17-19-21-23-25-27-29-31-33-35-37-45(49)51-43(40-46)41-50-44(48)39-38-42(47)36-34-32-30-28-26-24-22-20-18-16-14-12-10-8-6-4-2/h6,8,12,14,18,20,24,26,30,32,34,36,42-43,46-47H,3-5,7,9-11,13,15-17,19,21-23,25,27-29,31,33,35,37-41H2,1-2H3/b8-6-,14-12-,20-18-,26-24-,32-30-,36-34-/t42?,43-/m0/s1. The molecular formula is C45H76O6. The van der Waals surface area contributed by atoms with Gasteiger partial charge in [-0.05, 0) is 44.9 Å². The monoisotopic (exact) mass is 713 g/mol. The summed E-state index contributed by atoms with van der Waals surface area (Å²) in [5.41, 5.74) is 0. The van der Waals surface area contributed by atoms with Crippen molar-refractivity contribution in [3.05, 3.63) is 72.9 Å². The number of carbonyl (C=O) groups is 2. The summed E-state index contributed by atoms with van der Waals surface area (Å²) in [6.07, 6.45) is 50.1. The van der Waals surface area contributed by atoms with Gasteiger partial charge in [-0.2, -0.15) is 0 Å². The molecule has 0 aromatic heterocycles. The van der Waals surface area contributed by atoms with E-state index in [1.54, 1.807) is 12.2 Å². The fourth-order valence-corrected chi connectivity index (χ4v) is 5.49. The average molecular weight is 713 g/mol. The van der Waals surface area contributed by atoms with E-state index >= 15 is 0 Å². The molecule has 0 saturated heterocycles.